The fourth-order valence-electron chi connectivity index (χ4n) is 3.29. The molecule has 0 spiro atoms. The molecule has 0 aromatic heterocycles. The lowest BCUT2D eigenvalue weighted by Gasteiger charge is -2.14. The van der Waals surface area contributed by atoms with E-state index in [0.29, 0.717) is 12.8 Å². The number of fused-ring (bicyclic) bond motifs is 1. The van der Waals surface area contributed by atoms with Crippen molar-refractivity contribution in [3.05, 3.63) is 41.2 Å². The molecule has 2 atom stereocenters. The maximum atomic E-state index is 13.6. The van der Waals surface area contributed by atoms with E-state index < -0.39 is 24.3 Å². The molecule has 1 aromatic rings. The van der Waals surface area contributed by atoms with Crippen molar-refractivity contribution in [2.45, 2.75) is 19.3 Å². The second kappa shape index (κ2) is 8.52. The van der Waals surface area contributed by atoms with E-state index in [1.165, 1.54) is 12.1 Å². The Morgan fingerprint density at radius 3 is 2.46 bits per heavy atom. The van der Waals surface area contributed by atoms with Crippen molar-refractivity contribution >= 4 is 41.0 Å². The van der Waals surface area contributed by atoms with Crippen molar-refractivity contribution in [1.82, 2.24) is 4.90 Å². The molecule has 1 fully saturated rings. The highest BCUT2D eigenvalue weighted by Gasteiger charge is 2.46. The number of anilines is 1. The Kier molecular flexibility index (Phi) is 6.08. The van der Waals surface area contributed by atoms with Gasteiger partial charge in [0.15, 0.2) is 6.61 Å². The van der Waals surface area contributed by atoms with Crippen LogP contribution in [0, 0.1) is 17.7 Å². The SMILES string of the molecule is O=C(COC(=O)CCN1C(=O)[C@H]2CC=CC[C@H]2C1=O)Nc1cc(Cl)ccc1F. The summed E-state index contributed by atoms with van der Waals surface area (Å²) in [5.74, 6) is -3.41. The highest BCUT2D eigenvalue weighted by atomic mass is 35.5. The molecular formula is C19H18ClFN2O5. The lowest BCUT2D eigenvalue weighted by atomic mass is 9.85. The lowest BCUT2D eigenvalue weighted by molar-refractivity contribution is -0.148. The number of carbonyl (C=O) groups excluding carboxylic acids is 4. The van der Waals surface area contributed by atoms with Crippen LogP contribution in [0.25, 0.3) is 0 Å². The van der Waals surface area contributed by atoms with Gasteiger partial charge in [-0.05, 0) is 31.0 Å². The minimum absolute atomic E-state index is 0.0892. The predicted octanol–water partition coefficient (Wildman–Crippen LogP) is 2.30. The van der Waals surface area contributed by atoms with Crippen LogP contribution in [-0.4, -0.2) is 41.7 Å². The number of hydrogen-bond acceptors (Lipinski definition) is 5. The number of allylic oxidation sites excluding steroid dienone is 2. The van der Waals surface area contributed by atoms with Crippen molar-refractivity contribution in [2.75, 3.05) is 18.5 Å². The largest absolute Gasteiger partial charge is 0.456 e. The molecule has 1 aliphatic heterocycles. The second-order valence-electron chi connectivity index (χ2n) is 6.57. The molecule has 1 heterocycles. The fourth-order valence-corrected chi connectivity index (χ4v) is 3.46. The van der Waals surface area contributed by atoms with Crippen molar-refractivity contribution < 1.29 is 28.3 Å². The minimum Gasteiger partial charge on any atom is -0.456 e. The van der Waals surface area contributed by atoms with Crippen molar-refractivity contribution in [1.29, 1.82) is 0 Å². The van der Waals surface area contributed by atoms with Gasteiger partial charge in [-0.3, -0.25) is 24.1 Å². The number of ether oxygens (including phenoxy) is 1. The number of benzene rings is 1. The molecule has 3 amide bonds. The van der Waals surface area contributed by atoms with Crippen LogP contribution in [-0.2, 0) is 23.9 Å². The summed E-state index contributed by atoms with van der Waals surface area (Å²) in [6.07, 6.45) is 4.59. The van der Waals surface area contributed by atoms with Crippen LogP contribution in [0.5, 0.6) is 0 Å². The van der Waals surface area contributed by atoms with Gasteiger partial charge in [-0.15, -0.1) is 0 Å². The third-order valence-electron chi connectivity index (χ3n) is 4.71. The summed E-state index contributed by atoms with van der Waals surface area (Å²) in [4.78, 5) is 49.3. The smallest absolute Gasteiger partial charge is 0.308 e. The Morgan fingerprint density at radius 2 is 1.82 bits per heavy atom. The molecule has 28 heavy (non-hydrogen) atoms. The van der Waals surface area contributed by atoms with Gasteiger partial charge in [0.2, 0.25) is 11.8 Å². The predicted molar refractivity (Wildman–Crippen MR) is 97.7 cm³/mol. The van der Waals surface area contributed by atoms with Gasteiger partial charge in [-0.2, -0.15) is 0 Å². The van der Waals surface area contributed by atoms with Crippen LogP contribution in [0.4, 0.5) is 10.1 Å². The van der Waals surface area contributed by atoms with Crippen LogP contribution in [0.3, 0.4) is 0 Å². The Bertz CT molecular complexity index is 831. The maximum Gasteiger partial charge on any atom is 0.308 e. The Balaban J connectivity index is 1.45. The molecular weight excluding hydrogens is 391 g/mol. The maximum absolute atomic E-state index is 13.6. The summed E-state index contributed by atoms with van der Waals surface area (Å²) in [5, 5.41) is 2.49. The van der Waals surface area contributed by atoms with Gasteiger partial charge in [0, 0.05) is 11.6 Å². The Labute approximate surface area is 165 Å². The summed E-state index contributed by atoms with van der Waals surface area (Å²) in [6, 6.07) is 3.66. The van der Waals surface area contributed by atoms with Crippen molar-refractivity contribution in [3.63, 3.8) is 0 Å². The average Bonchev–Trinajstić information content (AvgIpc) is 2.92. The summed E-state index contributed by atoms with van der Waals surface area (Å²) < 4.78 is 18.4. The quantitative estimate of drug-likeness (QED) is 0.443. The van der Waals surface area contributed by atoms with Gasteiger partial charge in [0.25, 0.3) is 5.91 Å². The third kappa shape index (κ3) is 4.39. The molecule has 1 saturated heterocycles. The second-order valence-corrected chi connectivity index (χ2v) is 7.00. The van der Waals surface area contributed by atoms with Gasteiger partial charge in [0.05, 0.1) is 23.9 Å². The number of imide groups is 1. The van der Waals surface area contributed by atoms with Crippen LogP contribution < -0.4 is 5.32 Å². The lowest BCUT2D eigenvalue weighted by Crippen LogP contribution is -2.33. The first-order chi connectivity index (χ1) is 13.4. The van der Waals surface area contributed by atoms with E-state index in [1.54, 1.807) is 0 Å². The molecule has 0 radical (unpaired) electrons. The normalized spacial score (nSPS) is 20.9. The van der Waals surface area contributed by atoms with Gasteiger partial charge < -0.3 is 10.1 Å². The highest BCUT2D eigenvalue weighted by molar-refractivity contribution is 6.30. The number of carbonyl (C=O) groups is 4. The molecule has 3 rings (SSSR count). The number of esters is 1. The molecule has 9 heteroatoms. The van der Waals surface area contributed by atoms with E-state index >= 15 is 0 Å². The van der Waals surface area contributed by atoms with Crippen molar-refractivity contribution in [3.8, 4) is 0 Å². The molecule has 1 aromatic carbocycles. The number of halogens is 2. The van der Waals surface area contributed by atoms with E-state index in [9.17, 15) is 23.6 Å². The van der Waals surface area contributed by atoms with Crippen LogP contribution in [0.15, 0.2) is 30.4 Å². The number of amides is 3. The molecule has 7 nitrogen and oxygen atoms in total. The summed E-state index contributed by atoms with van der Waals surface area (Å²) in [5.41, 5.74) is -0.127. The van der Waals surface area contributed by atoms with Gasteiger partial charge in [-0.1, -0.05) is 23.8 Å². The molecule has 0 saturated carbocycles. The van der Waals surface area contributed by atoms with Crippen LogP contribution in [0.2, 0.25) is 5.02 Å². The topological polar surface area (TPSA) is 92.8 Å². The molecule has 0 bridgehead atoms. The Hall–Kier alpha value is -2.74. The van der Waals surface area contributed by atoms with Gasteiger partial charge >= 0.3 is 5.97 Å². The van der Waals surface area contributed by atoms with E-state index in [2.05, 4.69) is 5.32 Å². The van der Waals surface area contributed by atoms with E-state index in [4.69, 9.17) is 16.3 Å². The van der Waals surface area contributed by atoms with Crippen LogP contribution >= 0.6 is 11.6 Å². The fraction of sp³-hybridized carbons (Fsp3) is 0.368. The zero-order valence-electron chi connectivity index (χ0n) is 14.8. The van der Waals surface area contributed by atoms with Crippen molar-refractivity contribution in [2.24, 2.45) is 11.8 Å². The van der Waals surface area contributed by atoms with Crippen LogP contribution in [0.1, 0.15) is 19.3 Å². The first-order valence-corrected chi connectivity index (χ1v) is 9.15. The zero-order valence-corrected chi connectivity index (χ0v) is 15.6. The summed E-state index contributed by atoms with van der Waals surface area (Å²) in [6.45, 7) is -0.712. The number of nitrogens with zero attached hydrogens (tertiary/aromatic N) is 1. The Morgan fingerprint density at radius 1 is 1.18 bits per heavy atom. The standard InChI is InChI=1S/C19H18ClFN2O5/c20-11-5-6-14(21)15(9-11)22-16(24)10-28-17(25)7-8-23-18(26)12-3-1-2-4-13(12)19(23)27/h1-2,5-6,9,12-13H,3-4,7-8,10H2,(H,22,24)/t12-,13+. The van der Waals surface area contributed by atoms with E-state index in [0.717, 1.165) is 11.0 Å². The molecule has 1 aliphatic carbocycles. The van der Waals surface area contributed by atoms with E-state index in [1.807, 2.05) is 12.2 Å². The zero-order chi connectivity index (χ0) is 20.3. The average molecular weight is 409 g/mol. The first-order valence-electron chi connectivity index (χ1n) is 8.77. The first kappa shape index (κ1) is 20.0. The monoisotopic (exact) mass is 408 g/mol. The summed E-state index contributed by atoms with van der Waals surface area (Å²) in [7, 11) is 0. The summed E-state index contributed by atoms with van der Waals surface area (Å²) >= 11 is 5.73. The van der Waals surface area contributed by atoms with E-state index in [-0.39, 0.29) is 47.3 Å². The molecule has 0 unspecified atom stereocenters. The molecule has 2 aliphatic rings. The molecule has 1 N–H and O–H groups in total. The van der Waals surface area contributed by atoms with Gasteiger partial charge in [0.1, 0.15) is 5.82 Å². The molecule has 148 valence electrons. The minimum atomic E-state index is -0.740. The third-order valence-corrected chi connectivity index (χ3v) is 4.94. The van der Waals surface area contributed by atoms with Gasteiger partial charge in [-0.25, -0.2) is 4.39 Å². The number of hydrogen-bond donors (Lipinski definition) is 1. The highest BCUT2D eigenvalue weighted by Crippen LogP contribution is 2.35. The number of nitrogens with one attached hydrogen (secondary N) is 1. The number of likely N-dealkylation sites (tertiary alicyclic amines) is 1. The number of rotatable bonds is 6.